The summed E-state index contributed by atoms with van der Waals surface area (Å²) >= 11 is 0. The maximum atomic E-state index is 13.4. The SMILES string of the molecule is CC(Oc1ccccc1)c1nc2ccccc2n1CC(=O)N1CCCc2ccccc21. The van der Waals surface area contributed by atoms with Crippen LogP contribution in [0.2, 0.25) is 0 Å². The molecule has 5 nitrogen and oxygen atoms in total. The van der Waals surface area contributed by atoms with E-state index in [-0.39, 0.29) is 18.6 Å². The molecule has 1 aromatic heterocycles. The fraction of sp³-hybridized carbons (Fsp3) is 0.231. The lowest BCUT2D eigenvalue weighted by Crippen LogP contribution is -2.38. The zero-order valence-electron chi connectivity index (χ0n) is 17.6. The lowest BCUT2D eigenvalue weighted by atomic mass is 10.0. The van der Waals surface area contributed by atoms with Gasteiger partial charge in [-0.05, 0) is 55.7 Å². The minimum Gasteiger partial charge on any atom is -0.483 e. The van der Waals surface area contributed by atoms with Crippen molar-refractivity contribution in [3.8, 4) is 5.75 Å². The van der Waals surface area contributed by atoms with Crippen molar-refractivity contribution in [2.75, 3.05) is 11.4 Å². The Morgan fingerprint density at radius 1 is 1.00 bits per heavy atom. The summed E-state index contributed by atoms with van der Waals surface area (Å²) in [5.41, 5.74) is 4.07. The fourth-order valence-electron chi connectivity index (χ4n) is 4.34. The molecule has 0 saturated carbocycles. The van der Waals surface area contributed by atoms with E-state index in [9.17, 15) is 4.79 Å². The van der Waals surface area contributed by atoms with Crippen molar-refractivity contribution in [2.45, 2.75) is 32.4 Å². The molecule has 0 spiro atoms. The number of imidazole rings is 1. The molecule has 0 saturated heterocycles. The molecule has 0 bridgehead atoms. The van der Waals surface area contributed by atoms with E-state index in [1.807, 2.05) is 89.2 Å². The Morgan fingerprint density at radius 3 is 2.61 bits per heavy atom. The molecule has 1 unspecified atom stereocenters. The number of amides is 1. The summed E-state index contributed by atoms with van der Waals surface area (Å²) in [6.07, 6.45) is 1.70. The molecule has 156 valence electrons. The summed E-state index contributed by atoms with van der Waals surface area (Å²) in [6.45, 7) is 2.95. The fourth-order valence-corrected chi connectivity index (χ4v) is 4.34. The lowest BCUT2D eigenvalue weighted by Gasteiger charge is -2.30. The number of aromatic nitrogens is 2. The number of carbonyl (C=O) groups is 1. The number of hydrogen-bond donors (Lipinski definition) is 0. The first-order valence-corrected chi connectivity index (χ1v) is 10.8. The second-order valence-electron chi connectivity index (χ2n) is 7.90. The van der Waals surface area contributed by atoms with Gasteiger partial charge >= 0.3 is 0 Å². The molecule has 0 aliphatic carbocycles. The van der Waals surface area contributed by atoms with Gasteiger partial charge in [0.1, 0.15) is 12.3 Å². The van der Waals surface area contributed by atoms with Gasteiger partial charge < -0.3 is 14.2 Å². The van der Waals surface area contributed by atoms with Crippen molar-refractivity contribution in [1.82, 2.24) is 9.55 Å². The zero-order valence-corrected chi connectivity index (χ0v) is 17.6. The van der Waals surface area contributed by atoms with Gasteiger partial charge in [0.05, 0.1) is 11.0 Å². The van der Waals surface area contributed by atoms with Crippen LogP contribution >= 0.6 is 0 Å². The Hall–Kier alpha value is -3.60. The number of anilines is 1. The topological polar surface area (TPSA) is 47.4 Å². The quantitative estimate of drug-likeness (QED) is 0.456. The van der Waals surface area contributed by atoms with E-state index in [0.29, 0.717) is 0 Å². The number of benzene rings is 3. The number of carbonyl (C=O) groups excluding carboxylic acids is 1. The first-order valence-electron chi connectivity index (χ1n) is 10.8. The van der Waals surface area contributed by atoms with Crippen molar-refractivity contribution in [3.63, 3.8) is 0 Å². The average Bonchev–Trinajstić information content (AvgIpc) is 3.18. The predicted molar refractivity (Wildman–Crippen MR) is 122 cm³/mol. The molecule has 5 heteroatoms. The Labute approximate surface area is 181 Å². The van der Waals surface area contributed by atoms with Crippen LogP contribution in [-0.2, 0) is 17.8 Å². The molecule has 1 amide bonds. The van der Waals surface area contributed by atoms with E-state index >= 15 is 0 Å². The van der Waals surface area contributed by atoms with Gasteiger partial charge in [-0.3, -0.25) is 4.79 Å². The molecule has 0 N–H and O–H groups in total. The predicted octanol–water partition coefficient (Wildman–Crippen LogP) is 5.16. The standard InChI is InChI=1S/C26H25N3O2/c1-19(31-21-12-3-2-4-13-21)26-27-22-14-6-8-16-24(22)29(26)18-25(30)28-17-9-11-20-10-5-7-15-23(20)28/h2-8,10,12-16,19H,9,11,17-18H2,1H3. The van der Waals surface area contributed by atoms with Gasteiger partial charge in [0.2, 0.25) is 5.91 Å². The number of aryl methyl sites for hydroxylation is 1. The third-order valence-electron chi connectivity index (χ3n) is 5.81. The van der Waals surface area contributed by atoms with Gasteiger partial charge in [-0.15, -0.1) is 0 Å². The maximum absolute atomic E-state index is 13.4. The van der Waals surface area contributed by atoms with Crippen LogP contribution in [0.3, 0.4) is 0 Å². The van der Waals surface area contributed by atoms with Crippen LogP contribution in [0.4, 0.5) is 5.69 Å². The average molecular weight is 412 g/mol. The molecular weight excluding hydrogens is 386 g/mol. The number of hydrogen-bond acceptors (Lipinski definition) is 3. The second-order valence-corrected chi connectivity index (χ2v) is 7.90. The monoisotopic (exact) mass is 411 g/mol. The maximum Gasteiger partial charge on any atom is 0.246 e. The van der Waals surface area contributed by atoms with Crippen molar-refractivity contribution in [2.24, 2.45) is 0 Å². The Bertz CT molecular complexity index is 1220. The summed E-state index contributed by atoms with van der Waals surface area (Å²) < 4.78 is 8.15. The van der Waals surface area contributed by atoms with Gasteiger partial charge in [0.15, 0.2) is 11.9 Å². The Morgan fingerprint density at radius 2 is 1.74 bits per heavy atom. The van der Waals surface area contributed by atoms with E-state index in [4.69, 9.17) is 9.72 Å². The van der Waals surface area contributed by atoms with E-state index in [1.54, 1.807) is 0 Å². The second kappa shape index (κ2) is 8.26. The summed E-state index contributed by atoms with van der Waals surface area (Å²) in [5, 5.41) is 0. The molecule has 3 aromatic carbocycles. The first-order chi connectivity index (χ1) is 15.2. The third kappa shape index (κ3) is 3.79. The first kappa shape index (κ1) is 19.4. The molecule has 4 aromatic rings. The highest BCUT2D eigenvalue weighted by molar-refractivity contribution is 5.95. The van der Waals surface area contributed by atoms with E-state index in [0.717, 1.165) is 47.7 Å². The van der Waals surface area contributed by atoms with Crippen molar-refractivity contribution in [1.29, 1.82) is 0 Å². The highest BCUT2D eigenvalue weighted by Gasteiger charge is 2.25. The molecule has 1 atom stereocenters. The Balaban J connectivity index is 1.48. The normalized spacial score (nSPS) is 14.3. The summed E-state index contributed by atoms with van der Waals surface area (Å²) in [4.78, 5) is 20.2. The van der Waals surface area contributed by atoms with Gasteiger partial charge in [-0.25, -0.2) is 4.98 Å². The zero-order chi connectivity index (χ0) is 21.2. The van der Waals surface area contributed by atoms with Crippen LogP contribution in [0.1, 0.15) is 30.8 Å². The van der Waals surface area contributed by atoms with Crippen molar-refractivity contribution in [3.05, 3.63) is 90.3 Å². The van der Waals surface area contributed by atoms with Crippen LogP contribution in [0.5, 0.6) is 5.75 Å². The number of ether oxygens (including phenoxy) is 1. The van der Waals surface area contributed by atoms with Gasteiger partial charge in [0.25, 0.3) is 0 Å². The summed E-state index contributed by atoms with van der Waals surface area (Å²) in [5.74, 6) is 1.61. The minimum atomic E-state index is -0.295. The molecule has 5 rings (SSSR count). The molecule has 0 fully saturated rings. The van der Waals surface area contributed by atoms with E-state index in [1.165, 1.54) is 5.56 Å². The number of fused-ring (bicyclic) bond motifs is 2. The molecule has 1 aliphatic rings. The van der Waals surface area contributed by atoms with Gasteiger partial charge in [-0.1, -0.05) is 48.5 Å². The third-order valence-corrected chi connectivity index (χ3v) is 5.81. The van der Waals surface area contributed by atoms with Gasteiger partial charge in [0, 0.05) is 12.2 Å². The van der Waals surface area contributed by atoms with Crippen LogP contribution in [0, 0.1) is 0 Å². The molecule has 2 heterocycles. The summed E-state index contributed by atoms with van der Waals surface area (Å²) in [7, 11) is 0. The van der Waals surface area contributed by atoms with Crippen LogP contribution in [-0.4, -0.2) is 22.0 Å². The van der Waals surface area contributed by atoms with E-state index in [2.05, 4.69) is 6.07 Å². The highest BCUT2D eigenvalue weighted by atomic mass is 16.5. The van der Waals surface area contributed by atoms with Crippen molar-refractivity contribution >= 4 is 22.6 Å². The molecular formula is C26H25N3O2. The number of rotatable bonds is 5. The minimum absolute atomic E-state index is 0.0727. The van der Waals surface area contributed by atoms with E-state index < -0.39 is 0 Å². The number of nitrogens with zero attached hydrogens (tertiary/aromatic N) is 3. The van der Waals surface area contributed by atoms with Gasteiger partial charge in [-0.2, -0.15) is 0 Å². The largest absolute Gasteiger partial charge is 0.483 e. The molecule has 0 radical (unpaired) electrons. The van der Waals surface area contributed by atoms with Crippen molar-refractivity contribution < 1.29 is 9.53 Å². The molecule has 1 aliphatic heterocycles. The van der Waals surface area contributed by atoms with Crippen LogP contribution in [0.15, 0.2) is 78.9 Å². The summed E-state index contributed by atoms with van der Waals surface area (Å²) in [6, 6.07) is 25.8. The molecule has 31 heavy (non-hydrogen) atoms. The van der Waals surface area contributed by atoms with Crippen LogP contribution in [0.25, 0.3) is 11.0 Å². The Kier molecular flexibility index (Phi) is 5.16. The lowest BCUT2D eigenvalue weighted by molar-refractivity contribution is -0.119. The number of para-hydroxylation sites is 4. The smallest absolute Gasteiger partial charge is 0.246 e. The highest BCUT2D eigenvalue weighted by Crippen LogP contribution is 2.29. The van der Waals surface area contributed by atoms with Crippen LogP contribution < -0.4 is 9.64 Å².